The number of hydrogen-bond acceptors (Lipinski definition) is 4. The van der Waals surface area contributed by atoms with Crippen LogP contribution in [0.1, 0.15) is 9.67 Å². The predicted octanol–water partition coefficient (Wildman–Crippen LogP) is 5.49. The molecule has 0 N–H and O–H groups in total. The third kappa shape index (κ3) is 2.49. The average Bonchev–Trinajstić information content (AvgIpc) is 2.96. The number of halogens is 2. The highest BCUT2D eigenvalue weighted by Gasteiger charge is 2.19. The molecular weight excluding hydrogens is 323 g/mol. The van der Waals surface area contributed by atoms with E-state index in [9.17, 15) is 4.79 Å². The van der Waals surface area contributed by atoms with Crippen LogP contribution in [0.3, 0.4) is 0 Å². The quantitative estimate of drug-likeness (QED) is 0.459. The number of thiophene rings is 2. The molecule has 2 heterocycles. The summed E-state index contributed by atoms with van der Waals surface area (Å²) in [5.41, 5.74) is 0. The van der Waals surface area contributed by atoms with Crippen LogP contribution in [0.2, 0.25) is 10.0 Å². The van der Waals surface area contributed by atoms with Crippen LogP contribution in [-0.2, 0) is 0 Å². The Hall–Kier alpha value is -1.07. The zero-order chi connectivity index (χ0) is 13.4. The molecule has 19 heavy (non-hydrogen) atoms. The van der Waals surface area contributed by atoms with Crippen molar-refractivity contribution >= 4 is 61.2 Å². The summed E-state index contributed by atoms with van der Waals surface area (Å²) in [7, 11) is 0. The lowest BCUT2D eigenvalue weighted by Crippen LogP contribution is -2.06. The second kappa shape index (κ2) is 5.13. The molecule has 1 aromatic carbocycles. The van der Waals surface area contributed by atoms with Gasteiger partial charge in [0, 0.05) is 10.4 Å². The first kappa shape index (κ1) is 12.9. The highest BCUT2D eigenvalue weighted by Crippen LogP contribution is 2.39. The van der Waals surface area contributed by atoms with E-state index in [0.717, 1.165) is 9.40 Å². The molecule has 0 aliphatic rings. The normalized spacial score (nSPS) is 10.8. The van der Waals surface area contributed by atoms with E-state index in [1.54, 1.807) is 35.6 Å². The fourth-order valence-electron chi connectivity index (χ4n) is 1.58. The van der Waals surface area contributed by atoms with E-state index in [1.807, 2.05) is 11.4 Å². The van der Waals surface area contributed by atoms with Crippen LogP contribution >= 0.6 is 45.9 Å². The number of benzene rings is 1. The van der Waals surface area contributed by atoms with E-state index in [4.69, 9.17) is 27.9 Å². The van der Waals surface area contributed by atoms with Gasteiger partial charge in [-0.1, -0.05) is 23.2 Å². The van der Waals surface area contributed by atoms with Crippen molar-refractivity contribution in [3.8, 4) is 5.75 Å². The minimum absolute atomic E-state index is 0.429. The molecule has 0 aliphatic carbocycles. The molecule has 0 unspecified atom stereocenters. The summed E-state index contributed by atoms with van der Waals surface area (Å²) in [5, 5.41) is 3.90. The third-order valence-electron chi connectivity index (χ3n) is 2.47. The van der Waals surface area contributed by atoms with Crippen LogP contribution in [-0.4, -0.2) is 5.97 Å². The van der Waals surface area contributed by atoms with E-state index in [2.05, 4.69) is 0 Å². The van der Waals surface area contributed by atoms with Crippen LogP contribution in [0.25, 0.3) is 9.40 Å². The van der Waals surface area contributed by atoms with Crippen molar-refractivity contribution in [3.63, 3.8) is 0 Å². The molecule has 2 aromatic heterocycles. The molecule has 6 heteroatoms. The maximum absolute atomic E-state index is 12.1. The average molecular weight is 329 g/mol. The van der Waals surface area contributed by atoms with Gasteiger partial charge in [0.15, 0.2) is 0 Å². The minimum atomic E-state index is -0.444. The van der Waals surface area contributed by atoms with Gasteiger partial charge in [-0.15, -0.1) is 22.7 Å². The number of carbonyl (C=O) groups is 1. The zero-order valence-corrected chi connectivity index (χ0v) is 12.5. The molecule has 96 valence electrons. The maximum Gasteiger partial charge on any atom is 0.355 e. The first-order chi connectivity index (χ1) is 9.15. The molecule has 2 nitrogen and oxygen atoms in total. The van der Waals surface area contributed by atoms with Crippen molar-refractivity contribution in [2.24, 2.45) is 0 Å². The van der Waals surface area contributed by atoms with Gasteiger partial charge < -0.3 is 4.74 Å². The summed E-state index contributed by atoms with van der Waals surface area (Å²) in [4.78, 5) is 12.5. The van der Waals surface area contributed by atoms with Gasteiger partial charge in [0.25, 0.3) is 0 Å². The highest BCUT2D eigenvalue weighted by molar-refractivity contribution is 7.38. The van der Waals surface area contributed by atoms with E-state index in [1.165, 1.54) is 11.3 Å². The molecule has 0 amide bonds. The second-order valence-electron chi connectivity index (χ2n) is 3.71. The van der Waals surface area contributed by atoms with Gasteiger partial charge in [-0.2, -0.15) is 0 Å². The molecule has 0 spiro atoms. The smallest absolute Gasteiger partial charge is 0.355 e. The van der Waals surface area contributed by atoms with Crippen LogP contribution in [0.15, 0.2) is 35.7 Å². The summed E-state index contributed by atoms with van der Waals surface area (Å²) < 4.78 is 6.29. The number of carbonyl (C=O) groups excluding carboxylic acids is 1. The molecule has 3 rings (SSSR count). The third-order valence-corrected chi connectivity index (χ3v) is 5.45. The highest BCUT2D eigenvalue weighted by atomic mass is 35.5. The molecule has 0 fully saturated rings. The standard InChI is InChI=1S/C13H6Cl2O2S2/c14-7-1-3-8(4-2-7)17-12(16)11-10(15)9-5-6-18-13(9)19-11/h1-6H. The van der Waals surface area contributed by atoms with Gasteiger partial charge >= 0.3 is 5.97 Å². The van der Waals surface area contributed by atoms with Crippen LogP contribution in [0, 0.1) is 0 Å². The summed E-state index contributed by atoms with van der Waals surface area (Å²) in [6.45, 7) is 0. The van der Waals surface area contributed by atoms with Gasteiger partial charge in [0.05, 0.1) is 9.04 Å². The lowest BCUT2D eigenvalue weighted by Gasteiger charge is -2.02. The Morgan fingerprint density at radius 2 is 1.84 bits per heavy atom. The van der Waals surface area contributed by atoms with Crippen molar-refractivity contribution in [2.45, 2.75) is 0 Å². The molecule has 3 aromatic rings. The van der Waals surface area contributed by atoms with Gasteiger partial charge in [-0.3, -0.25) is 0 Å². The summed E-state index contributed by atoms with van der Waals surface area (Å²) in [5.74, 6) is 0.00273. The molecular formula is C13H6Cl2O2S2. The summed E-state index contributed by atoms with van der Waals surface area (Å²) >= 11 is 14.9. The Labute approximate surface area is 127 Å². The first-order valence-electron chi connectivity index (χ1n) is 5.28. The SMILES string of the molecule is O=C(Oc1ccc(Cl)cc1)c1sc2sccc2c1Cl. The largest absolute Gasteiger partial charge is 0.422 e. The molecule has 0 radical (unpaired) electrons. The van der Waals surface area contributed by atoms with Crippen LogP contribution < -0.4 is 4.74 Å². The number of fused-ring (bicyclic) bond motifs is 1. The molecule has 0 atom stereocenters. The number of esters is 1. The number of rotatable bonds is 2. The number of ether oxygens (including phenoxy) is 1. The molecule has 0 saturated heterocycles. The van der Waals surface area contributed by atoms with E-state index in [-0.39, 0.29) is 0 Å². The number of hydrogen-bond donors (Lipinski definition) is 0. The van der Waals surface area contributed by atoms with Gasteiger partial charge in [-0.25, -0.2) is 4.79 Å². The molecule has 0 bridgehead atoms. The Balaban J connectivity index is 1.89. The topological polar surface area (TPSA) is 26.3 Å². The Bertz CT molecular complexity index is 744. The van der Waals surface area contributed by atoms with E-state index < -0.39 is 5.97 Å². The fourth-order valence-corrected chi connectivity index (χ4v) is 4.20. The second-order valence-corrected chi connectivity index (χ2v) is 6.72. The van der Waals surface area contributed by atoms with Gasteiger partial charge in [0.1, 0.15) is 10.6 Å². The molecule has 0 aliphatic heterocycles. The van der Waals surface area contributed by atoms with Crippen molar-refractivity contribution in [2.75, 3.05) is 0 Å². The fraction of sp³-hybridized carbons (Fsp3) is 0. The Morgan fingerprint density at radius 1 is 1.11 bits per heavy atom. The van der Waals surface area contributed by atoms with Crippen molar-refractivity contribution in [1.82, 2.24) is 0 Å². The van der Waals surface area contributed by atoms with E-state index >= 15 is 0 Å². The summed E-state index contributed by atoms with van der Waals surface area (Å²) in [6, 6.07) is 8.52. The lowest BCUT2D eigenvalue weighted by atomic mass is 10.3. The van der Waals surface area contributed by atoms with Crippen molar-refractivity contribution in [1.29, 1.82) is 0 Å². The van der Waals surface area contributed by atoms with E-state index in [0.29, 0.717) is 20.7 Å². The van der Waals surface area contributed by atoms with Gasteiger partial charge in [-0.05, 0) is 35.7 Å². The molecule has 0 saturated carbocycles. The summed E-state index contributed by atoms with van der Waals surface area (Å²) in [6.07, 6.45) is 0. The lowest BCUT2D eigenvalue weighted by molar-refractivity contribution is 0.0740. The van der Waals surface area contributed by atoms with Crippen LogP contribution in [0.5, 0.6) is 5.75 Å². The predicted molar refractivity (Wildman–Crippen MR) is 81.1 cm³/mol. The Morgan fingerprint density at radius 3 is 2.53 bits per heavy atom. The van der Waals surface area contributed by atoms with Gasteiger partial charge in [0.2, 0.25) is 0 Å². The van der Waals surface area contributed by atoms with Crippen LogP contribution in [0.4, 0.5) is 0 Å². The maximum atomic E-state index is 12.1. The Kier molecular flexibility index (Phi) is 3.50. The van der Waals surface area contributed by atoms with Crippen molar-refractivity contribution < 1.29 is 9.53 Å². The first-order valence-corrected chi connectivity index (χ1v) is 7.73. The van der Waals surface area contributed by atoms with Crippen molar-refractivity contribution in [3.05, 3.63) is 50.6 Å². The monoisotopic (exact) mass is 328 g/mol. The zero-order valence-electron chi connectivity index (χ0n) is 9.35. The minimum Gasteiger partial charge on any atom is -0.422 e.